The van der Waals surface area contributed by atoms with Gasteiger partial charge in [0.2, 0.25) is 0 Å². The van der Waals surface area contributed by atoms with E-state index in [1.807, 2.05) is 6.20 Å². The zero-order valence-electron chi connectivity index (χ0n) is 19.8. The molecule has 1 N–H and O–H groups in total. The van der Waals surface area contributed by atoms with E-state index in [9.17, 15) is 0 Å². The van der Waals surface area contributed by atoms with E-state index >= 15 is 0 Å². The van der Waals surface area contributed by atoms with Crippen molar-refractivity contribution in [3.8, 4) is 22.5 Å². The first kappa shape index (κ1) is 21.1. The van der Waals surface area contributed by atoms with Crippen molar-refractivity contribution in [2.45, 2.75) is 38.6 Å². The number of nitrogens with zero attached hydrogens (tertiary/aromatic N) is 3. The van der Waals surface area contributed by atoms with E-state index < -0.39 is 0 Å². The molecule has 0 saturated carbocycles. The fraction of sp³-hybridized carbons (Fsp3) is 0.267. The Kier molecular flexibility index (Phi) is 5.39. The maximum Gasteiger partial charge on any atom is 0.161 e. The van der Waals surface area contributed by atoms with Gasteiger partial charge in [-0.2, -0.15) is 0 Å². The van der Waals surface area contributed by atoms with Crippen molar-refractivity contribution in [2.24, 2.45) is 0 Å². The SMILES string of the molecule is CC(C)c1ccc(-c2nc3c(-c4ccc5ccccc5c4)ccnc3n2C2CCNCC2)cc1. The van der Waals surface area contributed by atoms with Gasteiger partial charge in [0.05, 0.1) is 0 Å². The van der Waals surface area contributed by atoms with E-state index in [-0.39, 0.29) is 0 Å². The van der Waals surface area contributed by atoms with Crippen molar-refractivity contribution in [2.75, 3.05) is 13.1 Å². The van der Waals surface area contributed by atoms with Gasteiger partial charge in [-0.1, -0.05) is 74.5 Å². The maximum absolute atomic E-state index is 5.27. The Morgan fingerprint density at radius 2 is 1.59 bits per heavy atom. The summed E-state index contributed by atoms with van der Waals surface area (Å²) in [5, 5.41) is 6.00. The highest BCUT2D eigenvalue weighted by molar-refractivity contribution is 5.95. The molecule has 3 heterocycles. The summed E-state index contributed by atoms with van der Waals surface area (Å²) in [6, 6.07) is 26.6. The average Bonchev–Trinajstić information content (AvgIpc) is 3.29. The Hall–Kier alpha value is -3.50. The molecular weight excluding hydrogens is 416 g/mol. The summed E-state index contributed by atoms with van der Waals surface area (Å²) in [6.45, 7) is 6.53. The molecule has 1 saturated heterocycles. The lowest BCUT2D eigenvalue weighted by atomic mass is 10.0. The Morgan fingerprint density at radius 3 is 2.35 bits per heavy atom. The Labute approximate surface area is 200 Å². The topological polar surface area (TPSA) is 42.7 Å². The summed E-state index contributed by atoms with van der Waals surface area (Å²) in [7, 11) is 0. The van der Waals surface area contributed by atoms with Gasteiger partial charge in [0.1, 0.15) is 11.3 Å². The van der Waals surface area contributed by atoms with Gasteiger partial charge in [-0.3, -0.25) is 0 Å². The normalized spacial score (nSPS) is 14.9. The minimum atomic E-state index is 0.394. The standard InChI is InChI=1S/C30H30N4/c1-20(2)21-7-10-23(11-8-21)29-33-28-27(25-12-9-22-5-3-4-6-24(22)19-25)15-18-32-30(28)34(29)26-13-16-31-17-14-26/h3-12,15,18-20,26,31H,13-14,16-17H2,1-2H3. The Bertz CT molecular complexity index is 1460. The molecule has 0 unspecified atom stereocenters. The van der Waals surface area contributed by atoms with Crippen LogP contribution in [0.5, 0.6) is 0 Å². The molecule has 0 amide bonds. The molecule has 1 aliphatic heterocycles. The van der Waals surface area contributed by atoms with Gasteiger partial charge in [0.15, 0.2) is 5.65 Å². The van der Waals surface area contributed by atoms with Crippen LogP contribution in [-0.2, 0) is 0 Å². The van der Waals surface area contributed by atoms with Crippen molar-refractivity contribution < 1.29 is 0 Å². The van der Waals surface area contributed by atoms with Gasteiger partial charge in [0.25, 0.3) is 0 Å². The number of nitrogens with one attached hydrogen (secondary N) is 1. The molecule has 1 aliphatic rings. The van der Waals surface area contributed by atoms with E-state index in [0.717, 1.165) is 54.0 Å². The number of piperidine rings is 1. The molecular formula is C30H30N4. The van der Waals surface area contributed by atoms with Crippen LogP contribution in [0.3, 0.4) is 0 Å². The number of fused-ring (bicyclic) bond motifs is 2. The highest BCUT2D eigenvalue weighted by Crippen LogP contribution is 2.36. The lowest BCUT2D eigenvalue weighted by molar-refractivity contribution is 0.376. The zero-order chi connectivity index (χ0) is 23.1. The highest BCUT2D eigenvalue weighted by Gasteiger charge is 2.24. The fourth-order valence-electron chi connectivity index (χ4n) is 5.21. The van der Waals surface area contributed by atoms with Crippen molar-refractivity contribution in [3.63, 3.8) is 0 Å². The van der Waals surface area contributed by atoms with E-state index in [4.69, 9.17) is 9.97 Å². The monoisotopic (exact) mass is 446 g/mol. The number of hydrogen-bond donors (Lipinski definition) is 1. The van der Waals surface area contributed by atoms with Crippen LogP contribution in [0.25, 0.3) is 44.5 Å². The van der Waals surface area contributed by atoms with E-state index in [1.165, 1.54) is 21.9 Å². The minimum absolute atomic E-state index is 0.394. The molecule has 0 spiro atoms. The third kappa shape index (κ3) is 3.68. The summed E-state index contributed by atoms with van der Waals surface area (Å²) in [5.74, 6) is 1.54. The number of rotatable bonds is 4. The van der Waals surface area contributed by atoms with Crippen LogP contribution in [0.15, 0.2) is 79.0 Å². The van der Waals surface area contributed by atoms with Gasteiger partial charge >= 0.3 is 0 Å². The van der Waals surface area contributed by atoms with E-state index in [2.05, 4.69) is 96.5 Å². The van der Waals surface area contributed by atoms with Gasteiger partial charge < -0.3 is 9.88 Å². The number of pyridine rings is 1. The number of aromatic nitrogens is 3. The number of imidazole rings is 1. The molecule has 2 aromatic heterocycles. The van der Waals surface area contributed by atoms with E-state index in [1.54, 1.807) is 0 Å². The molecule has 0 bridgehead atoms. The van der Waals surface area contributed by atoms with Crippen LogP contribution in [0, 0.1) is 0 Å². The van der Waals surface area contributed by atoms with Crippen LogP contribution in [0.4, 0.5) is 0 Å². The molecule has 0 radical (unpaired) electrons. The summed E-state index contributed by atoms with van der Waals surface area (Å²) in [6.07, 6.45) is 4.12. The molecule has 1 fully saturated rings. The molecule has 5 aromatic rings. The van der Waals surface area contributed by atoms with Gasteiger partial charge in [-0.05, 0) is 65.9 Å². The van der Waals surface area contributed by atoms with Gasteiger partial charge in [0, 0.05) is 23.4 Å². The second-order valence-corrected chi connectivity index (χ2v) is 9.66. The number of hydrogen-bond acceptors (Lipinski definition) is 3. The van der Waals surface area contributed by atoms with Gasteiger partial charge in [-0.25, -0.2) is 9.97 Å². The largest absolute Gasteiger partial charge is 0.317 e. The molecule has 4 heteroatoms. The lowest BCUT2D eigenvalue weighted by Gasteiger charge is -2.26. The van der Waals surface area contributed by atoms with Crippen LogP contribution >= 0.6 is 0 Å². The van der Waals surface area contributed by atoms with Crippen molar-refractivity contribution in [1.82, 2.24) is 19.9 Å². The van der Waals surface area contributed by atoms with Crippen LogP contribution < -0.4 is 5.32 Å². The molecule has 4 nitrogen and oxygen atoms in total. The fourth-order valence-corrected chi connectivity index (χ4v) is 5.21. The quantitative estimate of drug-likeness (QED) is 0.324. The first-order valence-electron chi connectivity index (χ1n) is 12.4. The summed E-state index contributed by atoms with van der Waals surface area (Å²) in [5.41, 5.74) is 6.81. The molecule has 170 valence electrons. The molecule has 0 aliphatic carbocycles. The first-order valence-corrected chi connectivity index (χ1v) is 12.4. The number of benzene rings is 3. The van der Waals surface area contributed by atoms with Crippen molar-refractivity contribution >= 4 is 21.9 Å². The average molecular weight is 447 g/mol. The van der Waals surface area contributed by atoms with Crippen LogP contribution in [0.2, 0.25) is 0 Å². The zero-order valence-corrected chi connectivity index (χ0v) is 19.8. The Morgan fingerprint density at radius 1 is 0.853 bits per heavy atom. The third-order valence-electron chi connectivity index (χ3n) is 7.15. The van der Waals surface area contributed by atoms with Crippen molar-refractivity contribution in [1.29, 1.82) is 0 Å². The van der Waals surface area contributed by atoms with Crippen LogP contribution in [-0.4, -0.2) is 27.6 Å². The summed E-state index contributed by atoms with van der Waals surface area (Å²) < 4.78 is 2.41. The Balaban J connectivity index is 1.56. The highest BCUT2D eigenvalue weighted by atomic mass is 15.2. The minimum Gasteiger partial charge on any atom is -0.317 e. The molecule has 34 heavy (non-hydrogen) atoms. The predicted molar refractivity (Wildman–Crippen MR) is 141 cm³/mol. The molecule has 6 rings (SSSR count). The maximum atomic E-state index is 5.27. The third-order valence-corrected chi connectivity index (χ3v) is 7.15. The predicted octanol–water partition coefficient (Wildman–Crippen LogP) is 6.97. The first-order chi connectivity index (χ1) is 16.7. The second kappa shape index (κ2) is 8.69. The molecule has 3 aromatic carbocycles. The smallest absolute Gasteiger partial charge is 0.161 e. The van der Waals surface area contributed by atoms with E-state index in [0.29, 0.717) is 12.0 Å². The summed E-state index contributed by atoms with van der Waals surface area (Å²) in [4.78, 5) is 10.1. The van der Waals surface area contributed by atoms with Gasteiger partial charge in [-0.15, -0.1) is 0 Å². The van der Waals surface area contributed by atoms with Crippen LogP contribution in [0.1, 0.15) is 44.2 Å². The summed E-state index contributed by atoms with van der Waals surface area (Å²) >= 11 is 0. The molecule has 0 atom stereocenters. The second-order valence-electron chi connectivity index (χ2n) is 9.66. The van der Waals surface area contributed by atoms with Crippen molar-refractivity contribution in [3.05, 3.63) is 84.6 Å². The lowest BCUT2D eigenvalue weighted by Crippen LogP contribution is -2.29.